The Morgan fingerprint density at radius 3 is 2.27 bits per heavy atom. The van der Waals surface area contributed by atoms with E-state index in [2.05, 4.69) is 60.0 Å². The van der Waals surface area contributed by atoms with Gasteiger partial charge in [-0.1, -0.05) is 51.1 Å². The first-order valence-corrected chi connectivity index (χ1v) is 11.4. The number of aliphatic hydroxyl groups excluding tert-OH is 1. The second-order valence-electron chi connectivity index (χ2n) is 9.43. The highest BCUT2D eigenvalue weighted by molar-refractivity contribution is 5.93. The summed E-state index contributed by atoms with van der Waals surface area (Å²) in [6.07, 6.45) is -0.316. The Morgan fingerprint density at radius 1 is 1.03 bits per heavy atom. The van der Waals surface area contributed by atoms with Gasteiger partial charge in [-0.3, -0.25) is 14.5 Å². The summed E-state index contributed by atoms with van der Waals surface area (Å²) in [5.74, 6) is -0.696. The number of anilines is 2. The van der Waals surface area contributed by atoms with E-state index in [1.54, 1.807) is 17.0 Å². The molecular formula is C26H35N3O4. The number of ether oxygens (including phenoxy) is 1. The third-order valence-corrected chi connectivity index (χ3v) is 6.01. The van der Waals surface area contributed by atoms with Gasteiger partial charge in [-0.05, 0) is 41.2 Å². The van der Waals surface area contributed by atoms with Crippen LogP contribution in [0.5, 0.6) is 0 Å². The molecule has 7 heteroatoms. The highest BCUT2D eigenvalue weighted by atomic mass is 16.5. The van der Waals surface area contributed by atoms with Gasteiger partial charge in [0.15, 0.2) is 6.23 Å². The summed E-state index contributed by atoms with van der Waals surface area (Å²) in [4.78, 5) is 28.0. The molecule has 0 bridgehead atoms. The Kier molecular flexibility index (Phi) is 8.10. The quantitative estimate of drug-likeness (QED) is 0.627. The van der Waals surface area contributed by atoms with Crippen molar-refractivity contribution in [2.75, 3.05) is 43.5 Å². The fourth-order valence-corrected chi connectivity index (χ4v) is 4.07. The minimum atomic E-state index is -1.20. The number of amides is 1. The minimum absolute atomic E-state index is 0.0436. The van der Waals surface area contributed by atoms with Gasteiger partial charge in [-0.25, -0.2) is 0 Å². The largest absolute Gasteiger partial charge is 0.469 e. The van der Waals surface area contributed by atoms with Crippen LogP contribution in [0, 0.1) is 0 Å². The molecule has 1 amide bonds. The predicted molar refractivity (Wildman–Crippen MR) is 130 cm³/mol. The first-order valence-electron chi connectivity index (χ1n) is 11.4. The van der Waals surface area contributed by atoms with E-state index in [4.69, 9.17) is 0 Å². The van der Waals surface area contributed by atoms with E-state index in [1.807, 2.05) is 12.1 Å². The molecular weight excluding hydrogens is 418 g/mol. The van der Waals surface area contributed by atoms with E-state index in [1.165, 1.54) is 18.4 Å². The van der Waals surface area contributed by atoms with Crippen molar-refractivity contribution in [1.82, 2.24) is 4.90 Å². The zero-order valence-corrected chi connectivity index (χ0v) is 20.0. The van der Waals surface area contributed by atoms with Gasteiger partial charge in [0, 0.05) is 44.0 Å². The highest BCUT2D eigenvalue weighted by Crippen LogP contribution is 2.32. The molecule has 33 heavy (non-hydrogen) atoms. The molecule has 0 aliphatic carbocycles. The van der Waals surface area contributed by atoms with Crippen molar-refractivity contribution >= 4 is 23.3 Å². The van der Waals surface area contributed by atoms with Gasteiger partial charge in [0.2, 0.25) is 0 Å². The second-order valence-corrected chi connectivity index (χ2v) is 9.43. The van der Waals surface area contributed by atoms with Crippen LogP contribution in [0.1, 0.15) is 38.3 Å². The number of nitrogens with zero attached hydrogens (tertiary/aromatic N) is 2. The van der Waals surface area contributed by atoms with Crippen molar-refractivity contribution in [3.63, 3.8) is 0 Å². The maximum Gasteiger partial charge on any atom is 0.305 e. The van der Waals surface area contributed by atoms with Crippen molar-refractivity contribution in [3.05, 3.63) is 59.7 Å². The lowest BCUT2D eigenvalue weighted by Crippen LogP contribution is -2.54. The second kappa shape index (κ2) is 10.8. The SMILES string of the molecule is COC(=O)CCc1ccc(NC(=O)C(O)N2CCN(c3ccccc3C(C)(C)C)CC2)cc1. The summed E-state index contributed by atoms with van der Waals surface area (Å²) in [6.45, 7) is 9.31. The molecule has 0 spiro atoms. The number of carbonyl (C=O) groups excluding carboxylic acids is 2. The summed E-state index contributed by atoms with van der Waals surface area (Å²) >= 11 is 0. The number of piperazine rings is 1. The zero-order valence-electron chi connectivity index (χ0n) is 20.0. The summed E-state index contributed by atoms with van der Waals surface area (Å²) in [5.41, 5.74) is 4.15. The summed E-state index contributed by atoms with van der Waals surface area (Å²) in [7, 11) is 1.37. The highest BCUT2D eigenvalue weighted by Gasteiger charge is 2.29. The number of rotatable bonds is 7. The molecule has 1 fully saturated rings. The van der Waals surface area contributed by atoms with E-state index >= 15 is 0 Å². The van der Waals surface area contributed by atoms with Gasteiger partial charge in [0.25, 0.3) is 5.91 Å². The van der Waals surface area contributed by atoms with Crippen molar-refractivity contribution in [2.45, 2.75) is 45.3 Å². The zero-order chi connectivity index (χ0) is 24.0. The lowest BCUT2D eigenvalue weighted by molar-refractivity contribution is -0.140. The Bertz CT molecular complexity index is 945. The van der Waals surface area contributed by atoms with Crippen LogP contribution in [0.2, 0.25) is 0 Å². The normalized spacial score (nSPS) is 15.7. The number of esters is 1. The van der Waals surface area contributed by atoms with Crippen LogP contribution in [0.3, 0.4) is 0 Å². The molecule has 2 aromatic rings. The van der Waals surface area contributed by atoms with Crippen LogP contribution in [0.15, 0.2) is 48.5 Å². The molecule has 2 N–H and O–H groups in total. The fourth-order valence-electron chi connectivity index (χ4n) is 4.07. The number of benzene rings is 2. The average molecular weight is 454 g/mol. The van der Waals surface area contributed by atoms with Gasteiger partial charge in [-0.2, -0.15) is 0 Å². The van der Waals surface area contributed by atoms with Crippen molar-refractivity contribution in [3.8, 4) is 0 Å². The van der Waals surface area contributed by atoms with E-state index in [0.29, 0.717) is 31.6 Å². The molecule has 7 nitrogen and oxygen atoms in total. The number of hydrogen-bond acceptors (Lipinski definition) is 6. The van der Waals surface area contributed by atoms with Crippen LogP contribution in [0.25, 0.3) is 0 Å². The van der Waals surface area contributed by atoms with Crippen LogP contribution in [-0.2, 0) is 26.2 Å². The minimum Gasteiger partial charge on any atom is -0.469 e. The first kappa shape index (κ1) is 24.7. The molecule has 0 saturated carbocycles. The van der Waals surface area contributed by atoms with E-state index in [9.17, 15) is 14.7 Å². The lowest BCUT2D eigenvalue weighted by Gasteiger charge is -2.39. The predicted octanol–water partition coefficient (Wildman–Crippen LogP) is 3.17. The maximum absolute atomic E-state index is 12.6. The van der Waals surface area contributed by atoms with Crippen LogP contribution in [-0.4, -0.2) is 61.4 Å². The van der Waals surface area contributed by atoms with E-state index < -0.39 is 12.1 Å². The first-order chi connectivity index (χ1) is 15.7. The Labute approximate surface area is 196 Å². The number of nitrogens with one attached hydrogen (secondary N) is 1. The Hall–Kier alpha value is -2.90. The summed E-state index contributed by atoms with van der Waals surface area (Å²) < 4.78 is 4.65. The molecule has 1 atom stereocenters. The number of aliphatic hydroxyl groups is 1. The molecule has 178 valence electrons. The number of para-hydroxylation sites is 1. The van der Waals surface area contributed by atoms with Crippen LogP contribution in [0.4, 0.5) is 11.4 Å². The Balaban J connectivity index is 1.53. The Morgan fingerprint density at radius 2 is 1.67 bits per heavy atom. The van der Waals surface area contributed by atoms with Crippen molar-refractivity contribution in [1.29, 1.82) is 0 Å². The van der Waals surface area contributed by atoms with Gasteiger partial charge >= 0.3 is 5.97 Å². The molecule has 2 aromatic carbocycles. The molecule has 1 unspecified atom stereocenters. The lowest BCUT2D eigenvalue weighted by atomic mass is 9.85. The number of aryl methyl sites for hydroxylation is 1. The van der Waals surface area contributed by atoms with Gasteiger partial charge < -0.3 is 20.1 Å². The number of methoxy groups -OCH3 is 1. The van der Waals surface area contributed by atoms with Gasteiger partial charge in [0.05, 0.1) is 7.11 Å². The molecule has 1 heterocycles. The third-order valence-electron chi connectivity index (χ3n) is 6.01. The maximum atomic E-state index is 12.6. The smallest absolute Gasteiger partial charge is 0.305 e. The van der Waals surface area contributed by atoms with Crippen LogP contribution >= 0.6 is 0 Å². The molecule has 1 aliphatic rings. The van der Waals surface area contributed by atoms with E-state index in [0.717, 1.165) is 18.7 Å². The van der Waals surface area contributed by atoms with Crippen LogP contribution < -0.4 is 10.2 Å². The topological polar surface area (TPSA) is 82.1 Å². The standard InChI is InChI=1S/C26H35N3O4/c1-26(2,3)21-7-5-6-8-22(21)28-15-17-29(18-16-28)25(32)24(31)27-20-12-9-19(10-13-20)11-14-23(30)33-4/h5-10,12-13,25,32H,11,14-18H2,1-4H3,(H,27,31). The average Bonchev–Trinajstić information content (AvgIpc) is 2.82. The fraction of sp³-hybridized carbons (Fsp3) is 0.462. The van der Waals surface area contributed by atoms with Crippen molar-refractivity contribution in [2.24, 2.45) is 0 Å². The third kappa shape index (κ3) is 6.55. The van der Waals surface area contributed by atoms with Crippen molar-refractivity contribution < 1.29 is 19.4 Å². The molecule has 0 radical (unpaired) electrons. The molecule has 1 saturated heterocycles. The molecule has 3 rings (SSSR count). The summed E-state index contributed by atoms with van der Waals surface area (Å²) in [6, 6.07) is 15.7. The number of hydrogen-bond donors (Lipinski definition) is 2. The molecule has 1 aliphatic heterocycles. The van der Waals surface area contributed by atoms with Gasteiger partial charge in [-0.15, -0.1) is 0 Å². The molecule has 0 aromatic heterocycles. The number of carbonyl (C=O) groups is 2. The summed E-state index contributed by atoms with van der Waals surface area (Å²) in [5, 5.41) is 13.4. The van der Waals surface area contributed by atoms with E-state index in [-0.39, 0.29) is 11.4 Å². The van der Waals surface area contributed by atoms with Gasteiger partial charge in [0.1, 0.15) is 0 Å². The monoisotopic (exact) mass is 453 g/mol.